The molecule has 0 aromatic carbocycles. The van der Waals surface area contributed by atoms with Crippen LogP contribution in [0.1, 0.15) is 0 Å². The predicted molar refractivity (Wildman–Crippen MR) is 23.1 cm³/mol. The van der Waals surface area contributed by atoms with Crippen molar-refractivity contribution >= 4 is 27.2 Å². The van der Waals surface area contributed by atoms with Crippen LogP contribution in [0.4, 0.5) is 12.9 Å². The smallest absolute Gasteiger partial charge is 0.440 e. The van der Waals surface area contributed by atoms with Crippen LogP contribution in [0.15, 0.2) is 0 Å². The predicted octanol–water partition coefficient (Wildman–Crippen LogP) is -1.23. The first-order valence-corrected chi connectivity index (χ1v) is 2.12. The van der Waals surface area contributed by atoms with Gasteiger partial charge in [-0.05, 0) is 0 Å². The summed E-state index contributed by atoms with van der Waals surface area (Å²) in [5, 5.41) is 0. The van der Waals surface area contributed by atoms with Crippen LogP contribution in [0, 0.1) is 0 Å². The summed E-state index contributed by atoms with van der Waals surface area (Å²) in [6.07, 6.45) is 0. The molecule has 0 aromatic rings. The van der Waals surface area contributed by atoms with E-state index in [0.29, 0.717) is 22.4 Å². The molecule has 0 radical (unpaired) electrons. The van der Waals surface area contributed by atoms with Gasteiger partial charge in [0.2, 0.25) is 0 Å². The van der Waals surface area contributed by atoms with Crippen LogP contribution in [-0.2, 0) is 0 Å². The van der Waals surface area contributed by atoms with Crippen LogP contribution in [-0.4, -0.2) is 4.83 Å². The zero-order valence-corrected chi connectivity index (χ0v) is 7.25. The maximum Gasteiger partial charge on any atom is 1.00 e. The minimum Gasteiger partial charge on any atom is -0.440 e. The van der Waals surface area contributed by atoms with Crippen LogP contribution >= 0.6 is 22.4 Å². The first-order chi connectivity index (χ1) is 2.00. The van der Waals surface area contributed by atoms with E-state index in [1.165, 1.54) is 0 Å². The van der Waals surface area contributed by atoms with Crippen molar-refractivity contribution in [1.29, 1.82) is 0 Å². The summed E-state index contributed by atoms with van der Waals surface area (Å²) in [5.41, 5.74) is 0. The van der Waals surface area contributed by atoms with E-state index < -0.39 is 4.83 Å². The first-order valence-electron chi connectivity index (χ1n) is 0.873. The van der Waals surface area contributed by atoms with Crippen LogP contribution in [0.2, 0.25) is 0 Å². The van der Waals surface area contributed by atoms with Crippen LogP contribution in [0.5, 0.6) is 0 Å². The van der Waals surface area contributed by atoms with E-state index in [9.17, 15) is 12.9 Å². The molecule has 0 aliphatic carbocycles. The molecular formula is BF3INa. The Hall–Kier alpha value is 1.58. The third-order valence-corrected chi connectivity index (χ3v) is 0. The summed E-state index contributed by atoms with van der Waals surface area (Å²) in [5.74, 6) is 0. The summed E-state index contributed by atoms with van der Waals surface area (Å²) in [6, 6.07) is 0. The van der Waals surface area contributed by atoms with Gasteiger partial charge in [-0.1, -0.05) is 0 Å². The molecule has 0 N–H and O–H groups in total. The van der Waals surface area contributed by atoms with Crippen molar-refractivity contribution in [2.45, 2.75) is 0 Å². The molecule has 0 aliphatic rings. The molecule has 0 aromatic heterocycles. The van der Waals surface area contributed by atoms with E-state index in [2.05, 4.69) is 0 Å². The summed E-state index contributed by atoms with van der Waals surface area (Å²) in [7, 11) is 0. The van der Waals surface area contributed by atoms with Crippen LogP contribution < -0.4 is 29.6 Å². The van der Waals surface area contributed by atoms with Crippen molar-refractivity contribution in [2.75, 3.05) is 0 Å². The molecule has 0 saturated heterocycles. The van der Waals surface area contributed by atoms with E-state index in [0.717, 1.165) is 0 Å². The van der Waals surface area contributed by atoms with E-state index >= 15 is 0 Å². The largest absolute Gasteiger partial charge is 1.00 e. The minimum atomic E-state index is -4.53. The third-order valence-electron chi connectivity index (χ3n) is 0. The fourth-order valence-electron chi connectivity index (χ4n) is 0. The molecule has 0 fully saturated rings. The standard InChI is InChI=1S/BF3I.Na/c2-1(3,4)5;/q-1;+1. The summed E-state index contributed by atoms with van der Waals surface area (Å²) < 4.78 is 31.2. The SMILES string of the molecule is F[B-](F)(F)I.[Na+]. The summed E-state index contributed by atoms with van der Waals surface area (Å²) >= 11 is 0.440. The van der Waals surface area contributed by atoms with Gasteiger partial charge in [0.1, 0.15) is 0 Å². The number of hydrogen-bond donors (Lipinski definition) is 0. The molecule has 0 heterocycles. The Bertz CT molecular complexity index is 26.3. The molecule has 0 spiro atoms. The monoisotopic (exact) mass is 218 g/mol. The van der Waals surface area contributed by atoms with Gasteiger partial charge in [0.05, 0.1) is 0 Å². The molecule has 0 rings (SSSR count). The van der Waals surface area contributed by atoms with E-state index in [1.807, 2.05) is 0 Å². The number of hydrogen-bond acceptors (Lipinski definition) is 0. The van der Waals surface area contributed by atoms with Gasteiger partial charge in [-0.25, -0.2) is 22.4 Å². The van der Waals surface area contributed by atoms with Gasteiger partial charge in [-0.3, -0.25) is 0 Å². The molecule has 6 heteroatoms. The normalized spacial score (nSPS) is 10.0. The molecule has 0 aliphatic heterocycles. The van der Waals surface area contributed by atoms with Crippen molar-refractivity contribution in [3.8, 4) is 0 Å². The fraction of sp³-hybridized carbons (Fsp3) is 0. The summed E-state index contributed by atoms with van der Waals surface area (Å²) in [6.45, 7) is 0. The van der Waals surface area contributed by atoms with Gasteiger partial charge in [-0.15, -0.1) is 0 Å². The molecule has 0 nitrogen and oxygen atoms in total. The molecule has 0 bridgehead atoms. The quantitative estimate of drug-likeness (QED) is 0.352. The van der Waals surface area contributed by atoms with E-state index in [-0.39, 0.29) is 29.6 Å². The topological polar surface area (TPSA) is 0 Å². The number of halogens is 4. The summed E-state index contributed by atoms with van der Waals surface area (Å²) in [4.78, 5) is -4.53. The zero-order valence-electron chi connectivity index (χ0n) is 3.09. The Kier molecular flexibility index (Phi) is 6.27. The second-order valence-corrected chi connectivity index (χ2v) is 1.91. The van der Waals surface area contributed by atoms with Crippen LogP contribution in [0.25, 0.3) is 0 Å². The molecule has 6 heavy (non-hydrogen) atoms. The molecular weight excluding hydrogens is 218 g/mol. The van der Waals surface area contributed by atoms with E-state index in [4.69, 9.17) is 0 Å². The van der Waals surface area contributed by atoms with Crippen molar-refractivity contribution in [1.82, 2.24) is 0 Å². The zero-order chi connectivity index (χ0) is 4.50. The number of rotatable bonds is 0. The first kappa shape index (κ1) is 10.5. The molecule has 0 amide bonds. The Morgan fingerprint density at radius 2 is 1.17 bits per heavy atom. The van der Waals surface area contributed by atoms with Gasteiger partial charge < -0.3 is 12.9 Å². The molecule has 0 unspecified atom stereocenters. The van der Waals surface area contributed by atoms with Gasteiger partial charge in [0, 0.05) is 0 Å². The van der Waals surface area contributed by atoms with Gasteiger partial charge in [0.25, 0.3) is 0 Å². The Labute approximate surface area is 69.1 Å². The maximum atomic E-state index is 10.4. The minimum absolute atomic E-state index is 0. The van der Waals surface area contributed by atoms with Gasteiger partial charge in [0.15, 0.2) is 0 Å². The van der Waals surface area contributed by atoms with E-state index in [1.54, 1.807) is 0 Å². The Morgan fingerprint density at radius 3 is 1.17 bits per heavy atom. The average Bonchev–Trinajstić information content (AvgIpc) is 0.722. The van der Waals surface area contributed by atoms with Crippen molar-refractivity contribution < 1.29 is 42.5 Å². The average molecular weight is 218 g/mol. The third kappa shape index (κ3) is 46.7. The fourth-order valence-corrected chi connectivity index (χ4v) is 0. The molecule has 0 saturated carbocycles. The van der Waals surface area contributed by atoms with Gasteiger partial charge >= 0.3 is 34.4 Å². The molecule has 32 valence electrons. The van der Waals surface area contributed by atoms with Crippen molar-refractivity contribution in [3.05, 3.63) is 0 Å². The second-order valence-electron chi connectivity index (χ2n) is 0.495. The maximum absolute atomic E-state index is 10.4. The van der Waals surface area contributed by atoms with Crippen molar-refractivity contribution in [2.24, 2.45) is 0 Å². The second kappa shape index (κ2) is 3.57. The van der Waals surface area contributed by atoms with Crippen LogP contribution in [0.3, 0.4) is 0 Å². The Balaban J connectivity index is 0. The Morgan fingerprint density at radius 1 is 1.17 bits per heavy atom. The van der Waals surface area contributed by atoms with Gasteiger partial charge in [-0.2, -0.15) is 0 Å². The molecule has 0 atom stereocenters. The van der Waals surface area contributed by atoms with Crippen molar-refractivity contribution in [3.63, 3.8) is 0 Å².